The first-order chi connectivity index (χ1) is 4.65. The lowest BCUT2D eigenvalue weighted by atomic mass is 10.7. The smallest absolute Gasteiger partial charge is 0.450 e. The van der Waals surface area contributed by atoms with Crippen molar-refractivity contribution in [2.75, 3.05) is 19.8 Å². The molecule has 0 heterocycles. The van der Waals surface area contributed by atoms with Crippen molar-refractivity contribution in [1.82, 2.24) is 0 Å². The third kappa shape index (κ3) is 57.4. The predicted molar refractivity (Wildman–Crippen MR) is 36.2 cm³/mol. The molecule has 0 aliphatic rings. The maximum atomic E-state index is 8.56. The summed E-state index contributed by atoms with van der Waals surface area (Å²) in [4.78, 5) is 8.56. The second-order valence-electron chi connectivity index (χ2n) is 1.27. The number of carboxylic acid groups (broad SMARTS) is 2. The molecule has 0 spiro atoms. The van der Waals surface area contributed by atoms with Crippen molar-refractivity contribution in [3.63, 3.8) is 0 Å². The minimum Gasteiger partial charge on any atom is -0.450 e. The fourth-order valence-electron chi connectivity index (χ4n) is 0.228. The van der Waals surface area contributed by atoms with Gasteiger partial charge in [-0.2, -0.15) is 0 Å². The summed E-state index contributed by atoms with van der Waals surface area (Å²) in [7, 11) is 0. The predicted octanol–water partition coefficient (Wildman–Crippen LogP) is 0.204. The van der Waals surface area contributed by atoms with Crippen LogP contribution in [0, 0.1) is 0 Å². The molecule has 0 aromatic carbocycles. The molecule has 0 fully saturated rings. The maximum Gasteiger partial charge on any atom is 0.503 e. The molecule has 0 bridgehead atoms. The molecule has 0 radical (unpaired) electrons. The quantitative estimate of drug-likeness (QED) is 0.501. The van der Waals surface area contributed by atoms with Gasteiger partial charge in [-0.05, 0) is 6.92 Å². The van der Waals surface area contributed by atoms with Crippen LogP contribution >= 0.6 is 0 Å². The van der Waals surface area contributed by atoms with Crippen LogP contribution in [0.5, 0.6) is 0 Å². The number of hydrogen-bond acceptors (Lipinski definition) is 3. The van der Waals surface area contributed by atoms with Crippen LogP contribution in [0.2, 0.25) is 0 Å². The highest BCUT2D eigenvalue weighted by Crippen LogP contribution is 1.64. The number of ether oxygens (including phenoxy) is 1. The molecule has 0 amide bonds. The average molecular weight is 151 g/mol. The van der Waals surface area contributed by atoms with Gasteiger partial charge in [-0.3, -0.25) is 0 Å². The lowest BCUT2D eigenvalue weighted by Gasteiger charge is -1.91. The Hall–Kier alpha value is -0.810. The molecule has 0 atom stereocenters. The van der Waals surface area contributed by atoms with E-state index in [1.54, 1.807) is 0 Å². The van der Waals surface area contributed by atoms with Crippen molar-refractivity contribution in [1.29, 1.82) is 0 Å². The van der Waals surface area contributed by atoms with Gasteiger partial charge >= 0.3 is 6.16 Å². The van der Waals surface area contributed by atoms with E-state index in [1.165, 1.54) is 0 Å². The average Bonchev–Trinajstić information content (AvgIpc) is 1.82. The first-order valence-electron chi connectivity index (χ1n) is 2.84. The highest BCUT2D eigenvalue weighted by atomic mass is 16.6. The second-order valence-corrected chi connectivity index (χ2v) is 1.27. The van der Waals surface area contributed by atoms with Gasteiger partial charge in [0.15, 0.2) is 0 Å². The Labute approximate surface area is 59.4 Å². The van der Waals surface area contributed by atoms with Crippen LogP contribution in [0.25, 0.3) is 0 Å². The number of rotatable bonds is 3. The molecule has 0 saturated heterocycles. The zero-order valence-electron chi connectivity index (χ0n) is 5.91. The Balaban J connectivity index is 0. The van der Waals surface area contributed by atoms with Crippen LogP contribution in [-0.2, 0) is 4.74 Å². The Morgan fingerprint density at radius 1 is 1.60 bits per heavy atom. The second kappa shape index (κ2) is 11.0. The molecule has 5 nitrogen and oxygen atoms in total. The summed E-state index contributed by atoms with van der Waals surface area (Å²) in [5.41, 5.74) is 5.09. The highest BCUT2D eigenvalue weighted by Gasteiger charge is 1.72. The Morgan fingerprint density at radius 3 is 2.10 bits per heavy atom. The summed E-state index contributed by atoms with van der Waals surface area (Å²) in [5, 5.41) is 13.9. The first kappa shape index (κ1) is 11.9. The normalized spacial score (nSPS) is 7.80. The lowest BCUT2D eigenvalue weighted by molar-refractivity contribution is 0.137. The third-order valence-corrected chi connectivity index (χ3v) is 0.466. The maximum absolute atomic E-state index is 8.56. The van der Waals surface area contributed by atoms with Crippen molar-refractivity contribution < 1.29 is 19.7 Å². The van der Waals surface area contributed by atoms with Crippen LogP contribution in [0.15, 0.2) is 0 Å². The van der Waals surface area contributed by atoms with E-state index >= 15 is 0 Å². The molecule has 10 heavy (non-hydrogen) atoms. The first-order valence-corrected chi connectivity index (χ1v) is 2.84. The van der Waals surface area contributed by atoms with Gasteiger partial charge in [0.05, 0.1) is 6.61 Å². The van der Waals surface area contributed by atoms with Crippen LogP contribution < -0.4 is 5.73 Å². The Bertz CT molecular complexity index is 68.0. The van der Waals surface area contributed by atoms with Gasteiger partial charge in [-0.1, -0.05) is 0 Å². The van der Waals surface area contributed by atoms with Crippen LogP contribution in [0.1, 0.15) is 6.92 Å². The largest absolute Gasteiger partial charge is 0.503 e. The van der Waals surface area contributed by atoms with Gasteiger partial charge in [0.1, 0.15) is 0 Å². The van der Waals surface area contributed by atoms with Crippen molar-refractivity contribution in [3.8, 4) is 0 Å². The monoisotopic (exact) mass is 151 g/mol. The molecule has 0 aromatic heterocycles. The summed E-state index contributed by atoms with van der Waals surface area (Å²) >= 11 is 0. The minimum atomic E-state index is -1.83. The van der Waals surface area contributed by atoms with E-state index in [9.17, 15) is 0 Å². The van der Waals surface area contributed by atoms with Gasteiger partial charge in [-0.25, -0.2) is 4.79 Å². The van der Waals surface area contributed by atoms with E-state index in [0.29, 0.717) is 13.2 Å². The van der Waals surface area contributed by atoms with Gasteiger partial charge in [0.25, 0.3) is 0 Å². The highest BCUT2D eigenvalue weighted by molar-refractivity contribution is 5.53. The number of carbonyl (C=O) groups is 1. The summed E-state index contributed by atoms with van der Waals surface area (Å²) in [5.74, 6) is 0. The molecular weight excluding hydrogens is 138 g/mol. The molecule has 0 aromatic rings. The Kier molecular flexibility index (Phi) is 13.2. The van der Waals surface area contributed by atoms with E-state index in [4.69, 9.17) is 25.5 Å². The minimum absolute atomic E-state index is 0.633. The van der Waals surface area contributed by atoms with Crippen LogP contribution in [0.3, 0.4) is 0 Å². The summed E-state index contributed by atoms with van der Waals surface area (Å²) in [6.45, 7) is 4.05. The van der Waals surface area contributed by atoms with Crippen molar-refractivity contribution in [3.05, 3.63) is 0 Å². The topological polar surface area (TPSA) is 92.8 Å². The molecular formula is C5H13NO4. The molecule has 0 rings (SSSR count). The Morgan fingerprint density at radius 2 is 2.00 bits per heavy atom. The van der Waals surface area contributed by atoms with Gasteiger partial charge < -0.3 is 20.7 Å². The molecule has 0 unspecified atom stereocenters. The van der Waals surface area contributed by atoms with Gasteiger partial charge in [-0.15, -0.1) is 0 Å². The van der Waals surface area contributed by atoms with Gasteiger partial charge in [0.2, 0.25) is 0 Å². The van der Waals surface area contributed by atoms with Crippen molar-refractivity contribution in [2.24, 2.45) is 5.73 Å². The molecule has 5 heteroatoms. The standard InChI is InChI=1S/C4H11NO.CH2O3/c1-2-6-4-3-5;2-1(3)4/h2-5H2,1H3;(H2,2,3,4). The van der Waals surface area contributed by atoms with Crippen molar-refractivity contribution >= 4 is 6.16 Å². The summed E-state index contributed by atoms with van der Waals surface area (Å²) < 4.78 is 4.86. The number of hydrogen-bond donors (Lipinski definition) is 3. The van der Waals surface area contributed by atoms with Crippen molar-refractivity contribution in [2.45, 2.75) is 6.92 Å². The molecule has 0 aliphatic carbocycles. The fraction of sp³-hybridized carbons (Fsp3) is 0.800. The SMILES string of the molecule is CCOCCN.O=C(O)O. The molecule has 0 aliphatic heterocycles. The zero-order valence-corrected chi connectivity index (χ0v) is 5.91. The van der Waals surface area contributed by atoms with Gasteiger partial charge in [0, 0.05) is 13.2 Å². The molecule has 4 N–H and O–H groups in total. The van der Waals surface area contributed by atoms with E-state index in [2.05, 4.69) is 0 Å². The van der Waals surface area contributed by atoms with E-state index in [0.717, 1.165) is 6.61 Å². The van der Waals surface area contributed by atoms with E-state index in [-0.39, 0.29) is 0 Å². The third-order valence-electron chi connectivity index (χ3n) is 0.466. The summed E-state index contributed by atoms with van der Waals surface area (Å²) in [6.07, 6.45) is -1.83. The fourth-order valence-corrected chi connectivity index (χ4v) is 0.228. The van der Waals surface area contributed by atoms with Crippen LogP contribution in [-0.4, -0.2) is 36.1 Å². The zero-order chi connectivity index (χ0) is 8.41. The van der Waals surface area contributed by atoms with Crippen LogP contribution in [0.4, 0.5) is 4.79 Å². The molecule has 0 saturated carbocycles. The lowest BCUT2D eigenvalue weighted by Crippen LogP contribution is -2.07. The van der Waals surface area contributed by atoms with E-state index < -0.39 is 6.16 Å². The molecule has 62 valence electrons. The summed E-state index contributed by atoms with van der Waals surface area (Å²) in [6, 6.07) is 0. The number of nitrogens with two attached hydrogens (primary N) is 1. The van der Waals surface area contributed by atoms with E-state index in [1.807, 2.05) is 6.92 Å².